The van der Waals surface area contributed by atoms with Crippen molar-refractivity contribution in [2.75, 3.05) is 0 Å². The largest absolute Gasteiger partial charge is 0.0736 e. The van der Waals surface area contributed by atoms with E-state index in [0.29, 0.717) is 11.3 Å². The summed E-state index contributed by atoms with van der Waals surface area (Å²) in [6.45, 7) is 15.9. The molecular weight excluding hydrogens is 144 g/mol. The monoisotopic (exact) mass is 168 g/mol. The fourth-order valence-electron chi connectivity index (χ4n) is 1.43. The van der Waals surface area contributed by atoms with Crippen LogP contribution in [0.4, 0.5) is 0 Å². The lowest BCUT2D eigenvalue weighted by Gasteiger charge is -2.21. The molecule has 0 fully saturated rings. The van der Waals surface area contributed by atoms with Crippen LogP contribution in [-0.4, -0.2) is 0 Å². The smallest absolute Gasteiger partial charge is 0.0260 e. The molecule has 0 aliphatic heterocycles. The third-order valence-corrected chi connectivity index (χ3v) is 2.33. The number of hydrogen-bond donors (Lipinski definition) is 0. The molecule has 0 saturated heterocycles. The molecule has 0 radical (unpaired) electrons. The molecule has 0 aliphatic rings. The summed E-state index contributed by atoms with van der Waals surface area (Å²) in [5.74, 6) is 0.701. The van der Waals surface area contributed by atoms with Crippen molar-refractivity contribution in [2.24, 2.45) is 11.3 Å². The van der Waals surface area contributed by atoms with Crippen LogP contribution in [0.15, 0.2) is 11.1 Å². The van der Waals surface area contributed by atoms with Crippen LogP contribution in [0.25, 0.3) is 0 Å². The van der Waals surface area contributed by atoms with Crippen molar-refractivity contribution < 1.29 is 0 Å². The zero-order chi connectivity index (χ0) is 9.94. The van der Waals surface area contributed by atoms with Crippen LogP contribution in [-0.2, 0) is 0 Å². The van der Waals surface area contributed by atoms with E-state index in [2.05, 4.69) is 48.5 Å². The number of hydrogen-bond acceptors (Lipinski definition) is 0. The van der Waals surface area contributed by atoms with Crippen molar-refractivity contribution in [3.05, 3.63) is 11.1 Å². The Balaban J connectivity index is 4.38. The summed E-state index contributed by atoms with van der Waals surface area (Å²) in [5, 5.41) is 0. The van der Waals surface area contributed by atoms with Crippen molar-refractivity contribution in [3.8, 4) is 0 Å². The molecule has 0 aliphatic carbocycles. The summed E-state index contributed by atoms with van der Waals surface area (Å²) < 4.78 is 0. The summed E-state index contributed by atoms with van der Waals surface area (Å²) in [6, 6.07) is 0. The average molecular weight is 168 g/mol. The van der Waals surface area contributed by atoms with Gasteiger partial charge in [0.15, 0.2) is 0 Å². The third kappa shape index (κ3) is 4.58. The molecule has 0 heteroatoms. The van der Waals surface area contributed by atoms with Crippen molar-refractivity contribution in [3.63, 3.8) is 0 Å². The minimum atomic E-state index is 0.431. The van der Waals surface area contributed by atoms with Gasteiger partial charge in [0.1, 0.15) is 0 Å². The molecule has 0 rings (SSSR count). The van der Waals surface area contributed by atoms with Gasteiger partial charge < -0.3 is 0 Å². The van der Waals surface area contributed by atoms with Gasteiger partial charge in [0.2, 0.25) is 0 Å². The molecule has 0 heterocycles. The Kier molecular flexibility index (Phi) is 4.02. The van der Waals surface area contributed by atoms with Gasteiger partial charge >= 0.3 is 0 Å². The molecule has 72 valence electrons. The maximum absolute atomic E-state index is 2.30. The number of allylic oxidation sites excluding steroid dienone is 2. The molecular formula is C12H24. The fraction of sp³-hybridized carbons (Fsp3) is 0.833. The van der Waals surface area contributed by atoms with E-state index in [4.69, 9.17) is 0 Å². The maximum atomic E-state index is 2.30. The molecule has 0 aromatic rings. The highest BCUT2D eigenvalue weighted by molar-refractivity contribution is 5.12. The SMILES string of the molecule is C/C(CC(C)(C)C)=C(/C)C(C)C. The molecule has 0 saturated carbocycles. The Labute approximate surface area is 78.1 Å². The first-order valence-corrected chi connectivity index (χ1v) is 4.90. The van der Waals surface area contributed by atoms with E-state index in [1.165, 1.54) is 6.42 Å². The van der Waals surface area contributed by atoms with Gasteiger partial charge in [-0.25, -0.2) is 0 Å². The van der Waals surface area contributed by atoms with Crippen LogP contribution >= 0.6 is 0 Å². The van der Waals surface area contributed by atoms with Gasteiger partial charge in [-0.2, -0.15) is 0 Å². The molecule has 0 unspecified atom stereocenters. The summed E-state index contributed by atoms with van der Waals surface area (Å²) in [6.07, 6.45) is 1.22. The second kappa shape index (κ2) is 4.11. The molecule has 0 nitrogen and oxygen atoms in total. The zero-order valence-electron chi connectivity index (χ0n) is 9.78. The highest BCUT2D eigenvalue weighted by atomic mass is 14.2. The van der Waals surface area contributed by atoms with Crippen molar-refractivity contribution in [2.45, 2.75) is 54.9 Å². The van der Waals surface area contributed by atoms with Gasteiger partial charge in [-0.3, -0.25) is 0 Å². The molecule has 12 heavy (non-hydrogen) atoms. The van der Waals surface area contributed by atoms with Crippen LogP contribution in [0.5, 0.6) is 0 Å². The Morgan fingerprint density at radius 1 is 1.08 bits per heavy atom. The summed E-state index contributed by atoms with van der Waals surface area (Å²) in [5.41, 5.74) is 3.56. The Morgan fingerprint density at radius 3 is 1.75 bits per heavy atom. The van der Waals surface area contributed by atoms with E-state index in [9.17, 15) is 0 Å². The summed E-state index contributed by atoms with van der Waals surface area (Å²) in [7, 11) is 0. The van der Waals surface area contributed by atoms with Crippen molar-refractivity contribution >= 4 is 0 Å². The van der Waals surface area contributed by atoms with E-state index in [-0.39, 0.29) is 0 Å². The topological polar surface area (TPSA) is 0 Å². The van der Waals surface area contributed by atoms with Crippen LogP contribution in [0, 0.1) is 11.3 Å². The van der Waals surface area contributed by atoms with Gasteiger partial charge in [-0.15, -0.1) is 0 Å². The van der Waals surface area contributed by atoms with Gasteiger partial charge in [0.25, 0.3) is 0 Å². The van der Waals surface area contributed by atoms with Crippen LogP contribution in [0.3, 0.4) is 0 Å². The van der Waals surface area contributed by atoms with E-state index in [1.54, 1.807) is 11.1 Å². The molecule has 0 amide bonds. The first kappa shape index (κ1) is 11.7. The lowest BCUT2D eigenvalue weighted by atomic mass is 9.85. The Hall–Kier alpha value is -0.260. The van der Waals surface area contributed by atoms with Gasteiger partial charge in [-0.05, 0) is 31.6 Å². The number of rotatable bonds is 2. The van der Waals surface area contributed by atoms with Crippen molar-refractivity contribution in [1.29, 1.82) is 0 Å². The quantitative estimate of drug-likeness (QED) is 0.536. The van der Waals surface area contributed by atoms with Crippen LogP contribution < -0.4 is 0 Å². The Bertz CT molecular complexity index is 165. The van der Waals surface area contributed by atoms with Gasteiger partial charge in [-0.1, -0.05) is 45.8 Å². The molecule has 0 aromatic heterocycles. The second-order valence-corrected chi connectivity index (χ2v) is 5.36. The van der Waals surface area contributed by atoms with E-state index in [1.807, 2.05) is 0 Å². The highest BCUT2D eigenvalue weighted by Crippen LogP contribution is 2.27. The normalized spacial score (nSPS) is 15.0. The predicted octanol–water partition coefficient (Wildman–Crippen LogP) is 4.42. The summed E-state index contributed by atoms with van der Waals surface area (Å²) in [4.78, 5) is 0. The van der Waals surface area contributed by atoms with Crippen LogP contribution in [0.2, 0.25) is 0 Å². The minimum absolute atomic E-state index is 0.431. The fourth-order valence-corrected chi connectivity index (χ4v) is 1.43. The first-order valence-electron chi connectivity index (χ1n) is 4.90. The van der Waals surface area contributed by atoms with Crippen LogP contribution in [0.1, 0.15) is 54.9 Å². The second-order valence-electron chi connectivity index (χ2n) is 5.36. The highest BCUT2D eigenvalue weighted by Gasteiger charge is 2.12. The molecule has 0 N–H and O–H groups in total. The predicted molar refractivity (Wildman–Crippen MR) is 57.3 cm³/mol. The average Bonchev–Trinajstić information content (AvgIpc) is 1.82. The lowest BCUT2D eigenvalue weighted by molar-refractivity contribution is 0.406. The maximum Gasteiger partial charge on any atom is -0.0260 e. The standard InChI is InChI=1S/C12H24/c1-9(2)11(4)10(3)8-12(5,6)7/h9H,8H2,1-7H3/b11-10+. The minimum Gasteiger partial charge on any atom is -0.0736 e. The third-order valence-electron chi connectivity index (χ3n) is 2.33. The van der Waals surface area contributed by atoms with E-state index < -0.39 is 0 Å². The molecule has 0 atom stereocenters. The molecule has 0 aromatic carbocycles. The summed E-state index contributed by atoms with van der Waals surface area (Å²) >= 11 is 0. The van der Waals surface area contributed by atoms with Gasteiger partial charge in [0.05, 0.1) is 0 Å². The Morgan fingerprint density at radius 2 is 1.50 bits per heavy atom. The molecule has 0 bridgehead atoms. The zero-order valence-corrected chi connectivity index (χ0v) is 9.78. The van der Waals surface area contributed by atoms with Gasteiger partial charge in [0, 0.05) is 0 Å². The molecule has 0 spiro atoms. The van der Waals surface area contributed by atoms with E-state index in [0.717, 1.165) is 0 Å². The van der Waals surface area contributed by atoms with E-state index >= 15 is 0 Å². The van der Waals surface area contributed by atoms with Crippen molar-refractivity contribution in [1.82, 2.24) is 0 Å². The first-order chi connectivity index (χ1) is 5.24. The lowest BCUT2D eigenvalue weighted by Crippen LogP contribution is -2.07.